The van der Waals surface area contributed by atoms with Crippen LogP contribution in [0.1, 0.15) is 18.1 Å². The van der Waals surface area contributed by atoms with Crippen LogP contribution in [-0.2, 0) is 16.8 Å². The Kier molecular flexibility index (Phi) is 6.12. The third-order valence-corrected chi connectivity index (χ3v) is 4.74. The van der Waals surface area contributed by atoms with Gasteiger partial charge in [-0.05, 0) is 41.3 Å². The van der Waals surface area contributed by atoms with Crippen LogP contribution in [0.3, 0.4) is 0 Å². The molecule has 0 aliphatic carbocycles. The lowest BCUT2D eigenvalue weighted by atomic mass is 9.93. The predicted molar refractivity (Wildman–Crippen MR) is 111 cm³/mol. The van der Waals surface area contributed by atoms with Crippen molar-refractivity contribution in [2.45, 2.75) is 18.9 Å². The van der Waals surface area contributed by atoms with Crippen LogP contribution in [0, 0.1) is 0 Å². The molecule has 2 N–H and O–H groups in total. The molecule has 0 heterocycles. The van der Waals surface area contributed by atoms with Crippen LogP contribution in [0.2, 0.25) is 0 Å². The molecule has 0 radical (unpaired) electrons. The molecule has 0 spiro atoms. The van der Waals surface area contributed by atoms with Crippen molar-refractivity contribution in [3.63, 3.8) is 0 Å². The minimum atomic E-state index is -1.15. The molecule has 4 nitrogen and oxygen atoms in total. The predicted octanol–water partition coefficient (Wildman–Crippen LogP) is 3.93. The molecular formula is C24H25NO3. The molecule has 0 bridgehead atoms. The number of amides is 1. The van der Waals surface area contributed by atoms with E-state index in [2.05, 4.69) is 5.32 Å². The van der Waals surface area contributed by atoms with Gasteiger partial charge < -0.3 is 15.2 Å². The first-order chi connectivity index (χ1) is 13.5. The topological polar surface area (TPSA) is 58.6 Å². The van der Waals surface area contributed by atoms with E-state index in [0.717, 1.165) is 28.0 Å². The van der Waals surface area contributed by atoms with E-state index in [0.29, 0.717) is 0 Å². The van der Waals surface area contributed by atoms with E-state index in [1.54, 1.807) is 14.0 Å². The van der Waals surface area contributed by atoms with E-state index in [1.165, 1.54) is 0 Å². The van der Waals surface area contributed by atoms with E-state index < -0.39 is 5.60 Å². The van der Waals surface area contributed by atoms with E-state index in [9.17, 15) is 9.90 Å². The third kappa shape index (κ3) is 4.99. The summed E-state index contributed by atoms with van der Waals surface area (Å²) in [4.78, 5) is 12.3. The van der Waals surface area contributed by atoms with Crippen molar-refractivity contribution in [1.29, 1.82) is 0 Å². The number of ether oxygens (including phenoxy) is 1. The number of carbonyl (C=O) groups is 1. The molecule has 1 unspecified atom stereocenters. The average Bonchev–Trinajstić information content (AvgIpc) is 2.73. The Labute approximate surface area is 165 Å². The average molecular weight is 375 g/mol. The highest BCUT2D eigenvalue weighted by atomic mass is 16.5. The molecule has 4 heteroatoms. The first-order valence-electron chi connectivity index (χ1n) is 9.26. The molecule has 1 amide bonds. The summed E-state index contributed by atoms with van der Waals surface area (Å²) in [5.74, 6) is 0.574. The number of hydrogen-bond acceptors (Lipinski definition) is 3. The molecule has 144 valence electrons. The molecule has 3 rings (SSSR count). The molecule has 3 aromatic rings. The lowest BCUT2D eigenvalue weighted by Gasteiger charge is -2.24. The van der Waals surface area contributed by atoms with Crippen LogP contribution in [0.15, 0.2) is 78.9 Å². The van der Waals surface area contributed by atoms with Crippen molar-refractivity contribution >= 4 is 5.91 Å². The minimum Gasteiger partial charge on any atom is -0.497 e. The molecule has 0 saturated heterocycles. The Morgan fingerprint density at radius 1 is 0.964 bits per heavy atom. The summed E-state index contributed by atoms with van der Waals surface area (Å²) in [6.07, 6.45) is 0.236. The van der Waals surface area contributed by atoms with Crippen LogP contribution in [0.4, 0.5) is 0 Å². The van der Waals surface area contributed by atoms with Gasteiger partial charge in [-0.1, -0.05) is 66.7 Å². The second-order valence-corrected chi connectivity index (χ2v) is 7.02. The first kappa shape index (κ1) is 19.6. The molecular weight excluding hydrogens is 350 g/mol. The maximum absolute atomic E-state index is 12.3. The Morgan fingerprint density at radius 3 is 2.32 bits per heavy atom. The van der Waals surface area contributed by atoms with Gasteiger partial charge in [0.15, 0.2) is 0 Å². The van der Waals surface area contributed by atoms with Crippen molar-refractivity contribution in [3.8, 4) is 16.9 Å². The van der Waals surface area contributed by atoms with E-state index in [4.69, 9.17) is 4.74 Å². The second-order valence-electron chi connectivity index (χ2n) is 7.02. The highest BCUT2D eigenvalue weighted by molar-refractivity contribution is 5.78. The van der Waals surface area contributed by atoms with Gasteiger partial charge >= 0.3 is 0 Å². The zero-order valence-electron chi connectivity index (χ0n) is 16.2. The zero-order chi connectivity index (χ0) is 20.0. The quantitative estimate of drug-likeness (QED) is 0.658. The van der Waals surface area contributed by atoms with E-state index in [1.807, 2.05) is 78.9 Å². The Balaban J connectivity index is 1.60. The first-order valence-corrected chi connectivity index (χ1v) is 9.26. The van der Waals surface area contributed by atoms with Gasteiger partial charge in [-0.15, -0.1) is 0 Å². The largest absolute Gasteiger partial charge is 0.497 e. The number of benzene rings is 3. The third-order valence-electron chi connectivity index (χ3n) is 4.74. The Hall–Kier alpha value is -3.11. The Bertz CT molecular complexity index is 918. The molecule has 0 aliphatic rings. The normalized spacial score (nSPS) is 12.8. The fourth-order valence-electron chi connectivity index (χ4n) is 3.06. The molecule has 28 heavy (non-hydrogen) atoms. The molecule has 0 aromatic heterocycles. The number of methoxy groups -OCH3 is 1. The van der Waals surface area contributed by atoms with Crippen molar-refractivity contribution in [2.75, 3.05) is 13.7 Å². The number of hydrogen-bond donors (Lipinski definition) is 2. The van der Waals surface area contributed by atoms with Gasteiger partial charge in [-0.25, -0.2) is 0 Å². The number of rotatable bonds is 7. The lowest BCUT2D eigenvalue weighted by Crippen LogP contribution is -2.39. The molecule has 0 fully saturated rings. The van der Waals surface area contributed by atoms with E-state index >= 15 is 0 Å². The standard InChI is InChI=1S/C24H25NO3/c1-24(27,17-25-23(26)16-18-7-6-10-22(15-18)28-2)21-13-11-20(12-14-21)19-8-4-3-5-9-19/h3-15,27H,16-17H2,1-2H3,(H,25,26). The summed E-state index contributed by atoms with van der Waals surface area (Å²) in [6, 6.07) is 25.2. The maximum Gasteiger partial charge on any atom is 0.224 e. The summed E-state index contributed by atoms with van der Waals surface area (Å²) in [7, 11) is 1.60. The van der Waals surface area contributed by atoms with Gasteiger partial charge in [0.25, 0.3) is 0 Å². The summed E-state index contributed by atoms with van der Waals surface area (Å²) >= 11 is 0. The minimum absolute atomic E-state index is 0.139. The monoisotopic (exact) mass is 375 g/mol. The van der Waals surface area contributed by atoms with Gasteiger partial charge in [0.05, 0.1) is 20.1 Å². The van der Waals surface area contributed by atoms with Crippen molar-refractivity contribution in [2.24, 2.45) is 0 Å². The number of carbonyl (C=O) groups excluding carboxylic acids is 1. The van der Waals surface area contributed by atoms with Gasteiger partial charge in [-0.2, -0.15) is 0 Å². The van der Waals surface area contributed by atoms with Crippen molar-refractivity contribution < 1.29 is 14.6 Å². The highest BCUT2D eigenvalue weighted by Gasteiger charge is 2.23. The van der Waals surface area contributed by atoms with Gasteiger partial charge in [-0.3, -0.25) is 4.79 Å². The summed E-state index contributed by atoms with van der Waals surface area (Å²) in [5, 5.41) is 13.6. The summed E-state index contributed by atoms with van der Waals surface area (Å²) in [5.41, 5.74) is 2.68. The van der Waals surface area contributed by atoms with Gasteiger partial charge in [0.2, 0.25) is 5.91 Å². The summed E-state index contributed by atoms with van der Waals surface area (Å²) in [6.45, 7) is 1.84. The molecule has 1 atom stereocenters. The number of aliphatic hydroxyl groups is 1. The van der Waals surface area contributed by atoms with Crippen LogP contribution >= 0.6 is 0 Å². The van der Waals surface area contributed by atoms with E-state index in [-0.39, 0.29) is 18.9 Å². The van der Waals surface area contributed by atoms with Crippen LogP contribution in [0.25, 0.3) is 11.1 Å². The lowest BCUT2D eigenvalue weighted by molar-refractivity contribution is -0.121. The van der Waals surface area contributed by atoms with Crippen LogP contribution < -0.4 is 10.1 Å². The smallest absolute Gasteiger partial charge is 0.224 e. The SMILES string of the molecule is COc1cccc(CC(=O)NCC(C)(O)c2ccc(-c3ccccc3)cc2)c1. The van der Waals surface area contributed by atoms with Gasteiger partial charge in [0.1, 0.15) is 11.4 Å². The summed E-state index contributed by atoms with van der Waals surface area (Å²) < 4.78 is 5.18. The van der Waals surface area contributed by atoms with Crippen LogP contribution in [0.5, 0.6) is 5.75 Å². The Morgan fingerprint density at radius 2 is 1.64 bits per heavy atom. The fraction of sp³-hybridized carbons (Fsp3) is 0.208. The molecule has 3 aromatic carbocycles. The number of nitrogens with one attached hydrogen (secondary N) is 1. The highest BCUT2D eigenvalue weighted by Crippen LogP contribution is 2.25. The molecule has 0 aliphatic heterocycles. The van der Waals surface area contributed by atoms with Crippen molar-refractivity contribution in [1.82, 2.24) is 5.32 Å². The van der Waals surface area contributed by atoms with Crippen LogP contribution in [-0.4, -0.2) is 24.7 Å². The zero-order valence-corrected chi connectivity index (χ0v) is 16.2. The van der Waals surface area contributed by atoms with Crippen molar-refractivity contribution in [3.05, 3.63) is 90.0 Å². The molecule has 0 saturated carbocycles. The fourth-order valence-corrected chi connectivity index (χ4v) is 3.06. The van der Waals surface area contributed by atoms with Gasteiger partial charge in [0, 0.05) is 0 Å². The second kappa shape index (κ2) is 8.72. The maximum atomic E-state index is 12.3.